The Morgan fingerprint density at radius 3 is 2.80 bits per heavy atom. The van der Waals surface area contributed by atoms with E-state index in [9.17, 15) is 0 Å². The molecule has 0 fully saturated rings. The van der Waals surface area contributed by atoms with Gasteiger partial charge in [0.05, 0.1) is 11.4 Å². The lowest BCUT2D eigenvalue weighted by Crippen LogP contribution is -2.27. The molecule has 2 aromatic rings. The van der Waals surface area contributed by atoms with Gasteiger partial charge in [-0.3, -0.25) is 4.40 Å². The van der Waals surface area contributed by atoms with Crippen LogP contribution in [-0.2, 0) is 0 Å². The molecule has 15 heavy (non-hydrogen) atoms. The van der Waals surface area contributed by atoms with E-state index in [2.05, 4.69) is 54.0 Å². The lowest BCUT2D eigenvalue weighted by molar-refractivity contribution is 0.493. The number of thiazole rings is 1. The maximum absolute atomic E-state index is 4.54. The predicted molar refractivity (Wildman–Crippen MR) is 64.5 cm³/mol. The van der Waals surface area contributed by atoms with Crippen LogP contribution < -0.4 is 5.32 Å². The summed E-state index contributed by atoms with van der Waals surface area (Å²) in [6.45, 7) is 8.59. The summed E-state index contributed by atoms with van der Waals surface area (Å²) >= 11 is 1.68. The SMILES string of the molecule is Cc1nc2sccn2c1C(C)NC(C)C. The van der Waals surface area contributed by atoms with E-state index in [0.29, 0.717) is 12.1 Å². The highest BCUT2D eigenvalue weighted by molar-refractivity contribution is 7.15. The number of nitrogens with zero attached hydrogens (tertiary/aromatic N) is 2. The maximum Gasteiger partial charge on any atom is 0.194 e. The van der Waals surface area contributed by atoms with Crippen LogP contribution in [0.1, 0.15) is 38.2 Å². The largest absolute Gasteiger partial charge is 0.307 e. The van der Waals surface area contributed by atoms with Crippen LogP contribution in [0.15, 0.2) is 11.6 Å². The molecule has 0 saturated heterocycles. The molecule has 1 N–H and O–H groups in total. The highest BCUT2D eigenvalue weighted by Crippen LogP contribution is 2.22. The fourth-order valence-corrected chi connectivity index (χ4v) is 2.78. The second-order valence-corrected chi connectivity index (χ2v) is 5.05. The number of rotatable bonds is 3. The molecule has 82 valence electrons. The fraction of sp³-hybridized carbons (Fsp3) is 0.545. The number of aryl methyl sites for hydroxylation is 1. The number of aromatic nitrogens is 2. The summed E-state index contributed by atoms with van der Waals surface area (Å²) < 4.78 is 2.18. The molecule has 3 nitrogen and oxygen atoms in total. The molecule has 0 radical (unpaired) electrons. The maximum atomic E-state index is 4.54. The van der Waals surface area contributed by atoms with Crippen molar-refractivity contribution in [2.75, 3.05) is 0 Å². The average molecular weight is 223 g/mol. The zero-order chi connectivity index (χ0) is 11.0. The summed E-state index contributed by atoms with van der Waals surface area (Å²) in [5.41, 5.74) is 2.41. The Balaban J connectivity index is 2.40. The van der Waals surface area contributed by atoms with Crippen LogP contribution in [-0.4, -0.2) is 15.4 Å². The number of fused-ring (bicyclic) bond motifs is 1. The average Bonchev–Trinajstić information content (AvgIpc) is 2.60. The molecular formula is C11H17N3S. The van der Waals surface area contributed by atoms with E-state index in [4.69, 9.17) is 0 Å². The van der Waals surface area contributed by atoms with E-state index < -0.39 is 0 Å². The molecule has 2 rings (SSSR count). The first kappa shape index (κ1) is 10.6. The smallest absolute Gasteiger partial charge is 0.194 e. The third kappa shape index (κ3) is 1.92. The Labute approximate surface area is 94.1 Å². The summed E-state index contributed by atoms with van der Waals surface area (Å²) in [4.78, 5) is 5.63. The standard InChI is InChI=1S/C11H17N3S/c1-7(2)12-8(3)10-9(4)13-11-14(10)5-6-15-11/h5-8,12H,1-4H3. The van der Waals surface area contributed by atoms with Crippen LogP contribution in [0.4, 0.5) is 0 Å². The van der Waals surface area contributed by atoms with Crippen molar-refractivity contribution in [2.24, 2.45) is 0 Å². The molecular weight excluding hydrogens is 206 g/mol. The van der Waals surface area contributed by atoms with Crippen molar-refractivity contribution in [1.29, 1.82) is 0 Å². The van der Waals surface area contributed by atoms with Crippen molar-refractivity contribution in [1.82, 2.24) is 14.7 Å². The highest BCUT2D eigenvalue weighted by atomic mass is 32.1. The summed E-state index contributed by atoms with van der Waals surface area (Å²) in [6, 6.07) is 0.832. The molecule has 2 aromatic heterocycles. The van der Waals surface area contributed by atoms with Crippen LogP contribution in [0, 0.1) is 6.92 Å². The molecule has 4 heteroatoms. The van der Waals surface area contributed by atoms with Gasteiger partial charge in [-0.25, -0.2) is 4.98 Å². The minimum Gasteiger partial charge on any atom is -0.307 e. The van der Waals surface area contributed by atoms with Gasteiger partial charge in [0.2, 0.25) is 0 Å². The first-order valence-corrected chi connectivity index (χ1v) is 6.15. The molecule has 0 aliphatic rings. The number of imidazole rings is 1. The van der Waals surface area contributed by atoms with Gasteiger partial charge in [-0.1, -0.05) is 13.8 Å². The Hall–Kier alpha value is -0.870. The van der Waals surface area contributed by atoms with E-state index in [-0.39, 0.29) is 0 Å². The summed E-state index contributed by atoms with van der Waals surface area (Å²) in [5, 5.41) is 5.59. The van der Waals surface area contributed by atoms with E-state index in [1.54, 1.807) is 11.3 Å². The van der Waals surface area contributed by atoms with E-state index in [1.165, 1.54) is 5.69 Å². The summed E-state index contributed by atoms with van der Waals surface area (Å²) in [7, 11) is 0. The van der Waals surface area contributed by atoms with Crippen molar-refractivity contribution in [3.05, 3.63) is 23.0 Å². The molecule has 0 spiro atoms. The Morgan fingerprint density at radius 1 is 1.40 bits per heavy atom. The molecule has 2 heterocycles. The number of hydrogen-bond donors (Lipinski definition) is 1. The molecule has 0 saturated carbocycles. The molecule has 0 aromatic carbocycles. The van der Waals surface area contributed by atoms with Crippen LogP contribution in [0.25, 0.3) is 4.96 Å². The van der Waals surface area contributed by atoms with Crippen LogP contribution in [0.3, 0.4) is 0 Å². The molecule has 1 atom stereocenters. The van der Waals surface area contributed by atoms with Gasteiger partial charge in [0.1, 0.15) is 0 Å². The van der Waals surface area contributed by atoms with Gasteiger partial charge in [0.15, 0.2) is 4.96 Å². The van der Waals surface area contributed by atoms with Crippen LogP contribution in [0.5, 0.6) is 0 Å². The normalized spacial score (nSPS) is 13.9. The predicted octanol–water partition coefficient (Wildman–Crippen LogP) is 2.76. The van der Waals surface area contributed by atoms with Gasteiger partial charge in [0.25, 0.3) is 0 Å². The molecule has 0 aliphatic heterocycles. The zero-order valence-electron chi connectivity index (χ0n) is 9.61. The minimum absolute atomic E-state index is 0.342. The van der Waals surface area contributed by atoms with Crippen molar-refractivity contribution in [3.63, 3.8) is 0 Å². The first-order valence-electron chi connectivity index (χ1n) is 5.27. The molecule has 0 amide bonds. The van der Waals surface area contributed by atoms with Crippen LogP contribution >= 0.6 is 11.3 Å². The summed E-state index contributed by atoms with van der Waals surface area (Å²) in [5.74, 6) is 0. The van der Waals surface area contributed by atoms with Gasteiger partial charge >= 0.3 is 0 Å². The number of nitrogens with one attached hydrogen (secondary N) is 1. The van der Waals surface area contributed by atoms with Gasteiger partial charge in [0, 0.05) is 23.7 Å². The van der Waals surface area contributed by atoms with Gasteiger partial charge in [-0.05, 0) is 13.8 Å². The van der Waals surface area contributed by atoms with Crippen molar-refractivity contribution in [3.8, 4) is 0 Å². The molecule has 0 aliphatic carbocycles. The first-order chi connectivity index (χ1) is 7.09. The summed E-state index contributed by atoms with van der Waals surface area (Å²) in [6.07, 6.45) is 2.09. The molecule has 0 bridgehead atoms. The van der Waals surface area contributed by atoms with E-state index in [1.807, 2.05) is 0 Å². The van der Waals surface area contributed by atoms with E-state index in [0.717, 1.165) is 10.7 Å². The third-order valence-corrected chi connectivity index (χ3v) is 3.23. The van der Waals surface area contributed by atoms with Gasteiger partial charge in [-0.15, -0.1) is 11.3 Å². The lowest BCUT2D eigenvalue weighted by atomic mass is 10.2. The topological polar surface area (TPSA) is 29.3 Å². The van der Waals surface area contributed by atoms with Crippen molar-refractivity contribution in [2.45, 2.75) is 39.8 Å². The fourth-order valence-electron chi connectivity index (χ4n) is 2.01. The van der Waals surface area contributed by atoms with Crippen LogP contribution in [0.2, 0.25) is 0 Å². The zero-order valence-corrected chi connectivity index (χ0v) is 10.4. The quantitative estimate of drug-likeness (QED) is 0.867. The lowest BCUT2D eigenvalue weighted by Gasteiger charge is -2.16. The minimum atomic E-state index is 0.342. The Morgan fingerprint density at radius 2 is 2.13 bits per heavy atom. The number of hydrogen-bond acceptors (Lipinski definition) is 3. The third-order valence-electron chi connectivity index (χ3n) is 2.48. The Kier molecular flexibility index (Phi) is 2.80. The monoisotopic (exact) mass is 223 g/mol. The highest BCUT2D eigenvalue weighted by Gasteiger charge is 2.16. The Bertz CT molecular complexity index is 455. The van der Waals surface area contributed by atoms with Crippen molar-refractivity contribution < 1.29 is 0 Å². The van der Waals surface area contributed by atoms with Gasteiger partial charge < -0.3 is 5.32 Å². The van der Waals surface area contributed by atoms with Gasteiger partial charge in [-0.2, -0.15) is 0 Å². The molecule has 1 unspecified atom stereocenters. The second-order valence-electron chi connectivity index (χ2n) is 4.18. The second kappa shape index (κ2) is 3.94. The van der Waals surface area contributed by atoms with Crippen molar-refractivity contribution >= 4 is 16.3 Å². The van der Waals surface area contributed by atoms with E-state index >= 15 is 0 Å².